The number of aromatic hydroxyl groups is 1. The van der Waals surface area contributed by atoms with Crippen molar-refractivity contribution in [2.24, 2.45) is 10.2 Å². The second-order valence-electron chi connectivity index (χ2n) is 4.10. The van der Waals surface area contributed by atoms with Crippen LogP contribution in [-0.2, 0) is 0 Å². The molecule has 0 unspecified atom stereocenters. The van der Waals surface area contributed by atoms with E-state index in [0.29, 0.717) is 28.6 Å². The molecule has 0 aromatic heterocycles. The first-order valence-corrected chi connectivity index (χ1v) is 6.18. The molecule has 6 heteroatoms. The second-order valence-corrected chi connectivity index (χ2v) is 4.10. The lowest BCUT2D eigenvalue weighted by Gasteiger charge is -2.12. The molecule has 0 aliphatic rings. The Morgan fingerprint density at radius 3 is 1.76 bits per heavy atom. The van der Waals surface area contributed by atoms with E-state index in [1.165, 1.54) is 21.3 Å². The minimum atomic E-state index is 0.182. The maximum atomic E-state index is 9.22. The van der Waals surface area contributed by atoms with Gasteiger partial charge in [-0.1, -0.05) is 0 Å². The van der Waals surface area contributed by atoms with Crippen molar-refractivity contribution in [3.63, 3.8) is 0 Å². The molecule has 6 nitrogen and oxygen atoms in total. The molecule has 2 aromatic rings. The van der Waals surface area contributed by atoms with Gasteiger partial charge in [-0.25, -0.2) is 0 Å². The first-order chi connectivity index (χ1) is 10.2. The smallest absolute Gasteiger partial charge is 0.203 e. The molecule has 0 saturated heterocycles. The molecule has 2 rings (SSSR count). The summed E-state index contributed by atoms with van der Waals surface area (Å²) < 4.78 is 15.7. The van der Waals surface area contributed by atoms with Gasteiger partial charge in [0.25, 0.3) is 0 Å². The number of methoxy groups -OCH3 is 3. The Morgan fingerprint density at radius 1 is 0.762 bits per heavy atom. The predicted molar refractivity (Wildman–Crippen MR) is 78.4 cm³/mol. The summed E-state index contributed by atoms with van der Waals surface area (Å²) in [5.41, 5.74) is 1.19. The van der Waals surface area contributed by atoms with E-state index < -0.39 is 0 Å². The summed E-state index contributed by atoms with van der Waals surface area (Å²) in [6.45, 7) is 0. The summed E-state index contributed by atoms with van der Waals surface area (Å²) in [6.07, 6.45) is 0. The van der Waals surface area contributed by atoms with Gasteiger partial charge >= 0.3 is 0 Å². The minimum Gasteiger partial charge on any atom is -0.508 e. The van der Waals surface area contributed by atoms with Gasteiger partial charge in [-0.3, -0.25) is 0 Å². The van der Waals surface area contributed by atoms with Crippen LogP contribution < -0.4 is 14.2 Å². The van der Waals surface area contributed by atoms with Crippen molar-refractivity contribution in [1.29, 1.82) is 0 Å². The van der Waals surface area contributed by atoms with E-state index in [4.69, 9.17) is 14.2 Å². The first-order valence-electron chi connectivity index (χ1n) is 6.18. The van der Waals surface area contributed by atoms with Crippen LogP contribution in [0.1, 0.15) is 0 Å². The van der Waals surface area contributed by atoms with Crippen LogP contribution in [0.25, 0.3) is 0 Å². The van der Waals surface area contributed by atoms with Gasteiger partial charge in [0, 0.05) is 12.1 Å². The van der Waals surface area contributed by atoms with Gasteiger partial charge in [-0.05, 0) is 24.3 Å². The number of phenolic OH excluding ortho intramolecular Hbond substituents is 1. The topological polar surface area (TPSA) is 72.6 Å². The summed E-state index contributed by atoms with van der Waals surface area (Å²) in [4.78, 5) is 0. The van der Waals surface area contributed by atoms with Crippen LogP contribution in [0.3, 0.4) is 0 Å². The molecule has 0 bridgehead atoms. The number of ether oxygens (including phenoxy) is 3. The largest absolute Gasteiger partial charge is 0.508 e. The lowest BCUT2D eigenvalue weighted by atomic mass is 10.2. The van der Waals surface area contributed by atoms with E-state index in [0.717, 1.165) is 0 Å². The highest BCUT2D eigenvalue weighted by molar-refractivity contribution is 5.60. The third kappa shape index (κ3) is 3.42. The number of nitrogens with zero attached hydrogens (tertiary/aromatic N) is 2. The number of phenols is 1. The highest BCUT2D eigenvalue weighted by Crippen LogP contribution is 2.41. The van der Waals surface area contributed by atoms with E-state index in [9.17, 15) is 5.11 Å². The molecule has 0 atom stereocenters. The van der Waals surface area contributed by atoms with Gasteiger partial charge in [0.15, 0.2) is 11.5 Å². The van der Waals surface area contributed by atoms with Crippen molar-refractivity contribution in [2.75, 3.05) is 21.3 Å². The quantitative estimate of drug-likeness (QED) is 0.848. The van der Waals surface area contributed by atoms with Crippen molar-refractivity contribution >= 4 is 11.4 Å². The van der Waals surface area contributed by atoms with E-state index in [1.54, 1.807) is 36.4 Å². The van der Waals surface area contributed by atoms with Gasteiger partial charge < -0.3 is 19.3 Å². The molecule has 0 aliphatic carbocycles. The molecule has 0 amide bonds. The summed E-state index contributed by atoms with van der Waals surface area (Å²) >= 11 is 0. The Bertz CT molecular complexity index is 614. The molecule has 0 saturated carbocycles. The normalized spacial score (nSPS) is 10.6. The van der Waals surface area contributed by atoms with Crippen molar-refractivity contribution in [2.45, 2.75) is 0 Å². The van der Waals surface area contributed by atoms with E-state index in [-0.39, 0.29) is 5.75 Å². The van der Waals surface area contributed by atoms with Crippen LogP contribution in [0.5, 0.6) is 23.0 Å². The van der Waals surface area contributed by atoms with Crippen molar-refractivity contribution in [1.82, 2.24) is 0 Å². The molecular weight excluding hydrogens is 272 g/mol. The molecule has 0 heterocycles. The lowest BCUT2D eigenvalue weighted by Crippen LogP contribution is -1.94. The third-order valence-corrected chi connectivity index (χ3v) is 2.78. The number of azo groups is 1. The Kier molecular flexibility index (Phi) is 4.61. The number of hydrogen-bond donors (Lipinski definition) is 1. The molecule has 1 N–H and O–H groups in total. The standard InChI is InChI=1S/C15H16N2O4/c1-19-13-8-11(9-14(20-2)15(13)21-3)17-16-10-4-6-12(18)7-5-10/h4-9,18H,1-3H3/b17-16+. The fourth-order valence-corrected chi connectivity index (χ4v) is 1.76. The Morgan fingerprint density at radius 2 is 1.29 bits per heavy atom. The Hall–Kier alpha value is -2.76. The van der Waals surface area contributed by atoms with Gasteiger partial charge in [-0.15, -0.1) is 0 Å². The molecule has 0 spiro atoms. The van der Waals surface area contributed by atoms with Crippen LogP contribution in [0, 0.1) is 0 Å². The lowest BCUT2D eigenvalue weighted by molar-refractivity contribution is 0.324. The fourth-order valence-electron chi connectivity index (χ4n) is 1.76. The highest BCUT2D eigenvalue weighted by Gasteiger charge is 2.12. The first kappa shape index (κ1) is 14.6. The van der Waals surface area contributed by atoms with E-state index in [2.05, 4.69) is 10.2 Å². The van der Waals surface area contributed by atoms with Crippen molar-refractivity contribution in [3.05, 3.63) is 36.4 Å². The van der Waals surface area contributed by atoms with Crippen LogP contribution in [0.4, 0.5) is 11.4 Å². The summed E-state index contributed by atoms with van der Waals surface area (Å²) in [7, 11) is 4.62. The molecular formula is C15H16N2O4. The molecule has 0 aliphatic heterocycles. The molecule has 21 heavy (non-hydrogen) atoms. The average molecular weight is 288 g/mol. The molecule has 2 aromatic carbocycles. The maximum absolute atomic E-state index is 9.22. The van der Waals surface area contributed by atoms with Crippen molar-refractivity contribution in [3.8, 4) is 23.0 Å². The van der Waals surface area contributed by atoms with E-state index >= 15 is 0 Å². The third-order valence-electron chi connectivity index (χ3n) is 2.78. The zero-order valence-electron chi connectivity index (χ0n) is 12.0. The molecule has 0 fully saturated rings. The van der Waals surface area contributed by atoms with Crippen LogP contribution in [0.15, 0.2) is 46.6 Å². The zero-order chi connectivity index (χ0) is 15.2. The van der Waals surface area contributed by atoms with Gasteiger partial charge in [0.05, 0.1) is 32.7 Å². The zero-order valence-corrected chi connectivity index (χ0v) is 12.0. The number of benzene rings is 2. The monoisotopic (exact) mass is 288 g/mol. The second kappa shape index (κ2) is 6.60. The average Bonchev–Trinajstić information content (AvgIpc) is 2.53. The van der Waals surface area contributed by atoms with Crippen LogP contribution >= 0.6 is 0 Å². The molecule has 0 radical (unpaired) electrons. The fraction of sp³-hybridized carbons (Fsp3) is 0.200. The predicted octanol–water partition coefficient (Wildman–Crippen LogP) is 3.83. The summed E-state index contributed by atoms with van der Waals surface area (Å²) in [5.74, 6) is 1.71. The minimum absolute atomic E-state index is 0.182. The summed E-state index contributed by atoms with van der Waals surface area (Å²) in [6, 6.07) is 9.82. The van der Waals surface area contributed by atoms with E-state index in [1.807, 2.05) is 0 Å². The van der Waals surface area contributed by atoms with Gasteiger partial charge in [0.2, 0.25) is 5.75 Å². The SMILES string of the molecule is COc1cc(/N=N/c2ccc(O)cc2)cc(OC)c1OC. The highest BCUT2D eigenvalue weighted by atomic mass is 16.5. The Labute approximate surface area is 122 Å². The van der Waals surface area contributed by atoms with Gasteiger partial charge in [0.1, 0.15) is 5.75 Å². The summed E-state index contributed by atoms with van der Waals surface area (Å²) in [5, 5.41) is 17.4. The molecule has 110 valence electrons. The van der Waals surface area contributed by atoms with Crippen molar-refractivity contribution < 1.29 is 19.3 Å². The Balaban J connectivity index is 2.33. The van der Waals surface area contributed by atoms with Crippen LogP contribution in [0.2, 0.25) is 0 Å². The number of rotatable bonds is 5. The van der Waals surface area contributed by atoms with Gasteiger partial charge in [-0.2, -0.15) is 10.2 Å². The van der Waals surface area contributed by atoms with Crippen LogP contribution in [-0.4, -0.2) is 26.4 Å². The number of hydrogen-bond acceptors (Lipinski definition) is 6. The maximum Gasteiger partial charge on any atom is 0.203 e.